The molecule has 1 fully saturated rings. The van der Waals surface area contributed by atoms with Crippen LogP contribution >= 0.6 is 12.2 Å². The van der Waals surface area contributed by atoms with Crippen LogP contribution in [0.4, 0.5) is 11.5 Å². The molecule has 36 heavy (non-hydrogen) atoms. The van der Waals surface area contributed by atoms with Crippen molar-refractivity contribution in [3.05, 3.63) is 84.1 Å². The summed E-state index contributed by atoms with van der Waals surface area (Å²) in [5.74, 6) is 2.60. The van der Waals surface area contributed by atoms with Crippen molar-refractivity contribution in [2.45, 2.75) is 6.42 Å². The predicted molar refractivity (Wildman–Crippen MR) is 148 cm³/mol. The van der Waals surface area contributed by atoms with Crippen LogP contribution in [0.3, 0.4) is 0 Å². The van der Waals surface area contributed by atoms with Gasteiger partial charge in [0.2, 0.25) is 0 Å². The molecule has 0 saturated carbocycles. The van der Waals surface area contributed by atoms with Crippen LogP contribution in [0.25, 0.3) is 10.8 Å². The van der Waals surface area contributed by atoms with E-state index in [2.05, 4.69) is 61.7 Å². The fourth-order valence-electron chi connectivity index (χ4n) is 4.44. The molecule has 4 aromatic rings. The standard InChI is InChI=1S/C28H29N5O2S/c1-34-22-11-7-20(8-12-22)19-26-24-5-3-4-6-25(24)27(31-30-26)32-15-17-33(18-16-32)28(36)29-21-9-13-23(35-2)14-10-21/h3-14H,15-19H2,1-2H3,(H,29,36). The van der Waals surface area contributed by atoms with Crippen molar-refractivity contribution in [1.82, 2.24) is 15.1 Å². The van der Waals surface area contributed by atoms with Gasteiger partial charge in [-0.25, -0.2) is 0 Å². The molecular weight excluding hydrogens is 470 g/mol. The van der Waals surface area contributed by atoms with Crippen molar-refractivity contribution in [3.8, 4) is 11.5 Å². The predicted octanol–water partition coefficient (Wildman–Crippen LogP) is 4.76. The van der Waals surface area contributed by atoms with E-state index in [1.54, 1.807) is 14.2 Å². The lowest BCUT2D eigenvalue weighted by molar-refractivity contribution is 0.389. The Bertz CT molecular complexity index is 1340. The minimum Gasteiger partial charge on any atom is -0.497 e. The van der Waals surface area contributed by atoms with Gasteiger partial charge in [0.05, 0.1) is 19.9 Å². The summed E-state index contributed by atoms with van der Waals surface area (Å²) in [5, 5.41) is 15.7. The average molecular weight is 500 g/mol. The van der Waals surface area contributed by atoms with E-state index in [9.17, 15) is 0 Å². The number of anilines is 2. The molecule has 0 atom stereocenters. The van der Waals surface area contributed by atoms with Gasteiger partial charge >= 0.3 is 0 Å². The Labute approximate surface area is 216 Å². The molecule has 7 nitrogen and oxygen atoms in total. The highest BCUT2D eigenvalue weighted by atomic mass is 32.1. The first-order valence-electron chi connectivity index (χ1n) is 12.0. The van der Waals surface area contributed by atoms with Crippen molar-refractivity contribution in [1.29, 1.82) is 0 Å². The maximum Gasteiger partial charge on any atom is 0.173 e. The zero-order chi connectivity index (χ0) is 24.9. The largest absolute Gasteiger partial charge is 0.497 e. The zero-order valence-electron chi connectivity index (χ0n) is 20.5. The van der Waals surface area contributed by atoms with E-state index >= 15 is 0 Å². The summed E-state index contributed by atoms with van der Waals surface area (Å²) in [5.41, 5.74) is 3.10. The minimum atomic E-state index is 0.719. The highest BCUT2D eigenvalue weighted by Crippen LogP contribution is 2.28. The van der Waals surface area contributed by atoms with Gasteiger partial charge in [0.15, 0.2) is 10.9 Å². The molecule has 2 heterocycles. The first-order valence-corrected chi connectivity index (χ1v) is 12.4. The number of piperazine rings is 1. The number of fused-ring (bicyclic) bond motifs is 1. The third-order valence-corrected chi connectivity index (χ3v) is 6.84. The van der Waals surface area contributed by atoms with Crippen LogP contribution in [0.5, 0.6) is 11.5 Å². The van der Waals surface area contributed by atoms with Gasteiger partial charge in [-0.05, 0) is 54.2 Å². The Morgan fingerprint density at radius 3 is 2.06 bits per heavy atom. The highest BCUT2D eigenvalue weighted by Gasteiger charge is 2.22. The summed E-state index contributed by atoms with van der Waals surface area (Å²) in [4.78, 5) is 4.50. The molecule has 3 aromatic carbocycles. The van der Waals surface area contributed by atoms with E-state index in [1.807, 2.05) is 36.4 Å². The number of thiocarbonyl (C=S) groups is 1. The second-order valence-corrected chi connectivity index (χ2v) is 9.06. The van der Waals surface area contributed by atoms with E-state index in [0.29, 0.717) is 0 Å². The lowest BCUT2D eigenvalue weighted by Crippen LogP contribution is -2.50. The number of rotatable bonds is 6. The van der Waals surface area contributed by atoms with Gasteiger partial charge in [0, 0.05) is 49.1 Å². The van der Waals surface area contributed by atoms with Gasteiger partial charge in [-0.3, -0.25) is 0 Å². The van der Waals surface area contributed by atoms with Crippen molar-refractivity contribution in [3.63, 3.8) is 0 Å². The molecule has 0 spiro atoms. The quantitative estimate of drug-likeness (QED) is 0.381. The number of nitrogens with zero attached hydrogens (tertiary/aromatic N) is 4. The number of methoxy groups -OCH3 is 2. The van der Waals surface area contributed by atoms with E-state index in [-0.39, 0.29) is 0 Å². The highest BCUT2D eigenvalue weighted by molar-refractivity contribution is 7.80. The third kappa shape index (κ3) is 5.18. The van der Waals surface area contributed by atoms with Crippen LogP contribution in [-0.2, 0) is 6.42 Å². The third-order valence-electron chi connectivity index (χ3n) is 6.48. The lowest BCUT2D eigenvalue weighted by atomic mass is 10.0. The monoisotopic (exact) mass is 499 g/mol. The molecule has 1 saturated heterocycles. The van der Waals surface area contributed by atoms with Gasteiger partial charge in [0.1, 0.15) is 11.5 Å². The number of nitrogens with one attached hydrogen (secondary N) is 1. The molecule has 1 aliphatic rings. The molecule has 184 valence electrons. The lowest BCUT2D eigenvalue weighted by Gasteiger charge is -2.37. The molecule has 0 bridgehead atoms. The molecule has 1 aromatic heterocycles. The molecule has 1 N–H and O–H groups in total. The zero-order valence-corrected chi connectivity index (χ0v) is 21.3. The van der Waals surface area contributed by atoms with Crippen molar-refractivity contribution < 1.29 is 9.47 Å². The summed E-state index contributed by atoms with van der Waals surface area (Å²) >= 11 is 5.67. The smallest absolute Gasteiger partial charge is 0.173 e. The molecule has 0 unspecified atom stereocenters. The molecule has 0 radical (unpaired) electrons. The number of ether oxygens (including phenoxy) is 2. The first kappa shape index (κ1) is 23.8. The van der Waals surface area contributed by atoms with E-state index in [0.717, 1.165) is 77.2 Å². The number of hydrogen-bond acceptors (Lipinski definition) is 6. The van der Waals surface area contributed by atoms with Crippen LogP contribution in [0.15, 0.2) is 72.8 Å². The van der Waals surface area contributed by atoms with E-state index in [1.165, 1.54) is 5.56 Å². The first-order chi connectivity index (χ1) is 17.6. The van der Waals surface area contributed by atoms with Gasteiger partial charge in [-0.15, -0.1) is 5.10 Å². The maximum absolute atomic E-state index is 5.67. The fourth-order valence-corrected chi connectivity index (χ4v) is 4.74. The van der Waals surface area contributed by atoms with Crippen molar-refractivity contribution >= 4 is 39.6 Å². The van der Waals surface area contributed by atoms with Gasteiger partial charge < -0.3 is 24.6 Å². The second-order valence-electron chi connectivity index (χ2n) is 8.67. The Hall–Kier alpha value is -3.91. The molecule has 5 rings (SSSR count). The summed E-state index contributed by atoms with van der Waals surface area (Å²) in [6, 6.07) is 24.3. The Morgan fingerprint density at radius 2 is 1.42 bits per heavy atom. The number of benzene rings is 3. The topological polar surface area (TPSA) is 62.8 Å². The fraction of sp³-hybridized carbons (Fsp3) is 0.250. The number of aromatic nitrogens is 2. The summed E-state index contributed by atoms with van der Waals surface area (Å²) in [6.45, 7) is 3.26. The van der Waals surface area contributed by atoms with Crippen LogP contribution in [0, 0.1) is 0 Å². The van der Waals surface area contributed by atoms with Crippen molar-refractivity contribution in [2.75, 3.05) is 50.6 Å². The maximum atomic E-state index is 5.67. The van der Waals surface area contributed by atoms with Gasteiger partial charge in [0.25, 0.3) is 0 Å². The molecule has 8 heteroatoms. The van der Waals surface area contributed by atoms with Crippen molar-refractivity contribution in [2.24, 2.45) is 0 Å². The van der Waals surface area contributed by atoms with Crippen LogP contribution in [0.2, 0.25) is 0 Å². The van der Waals surface area contributed by atoms with Crippen LogP contribution < -0.4 is 19.7 Å². The second kappa shape index (κ2) is 10.8. The van der Waals surface area contributed by atoms with Gasteiger partial charge in [-0.2, -0.15) is 5.10 Å². The summed E-state index contributed by atoms with van der Waals surface area (Å²) in [7, 11) is 3.34. The Kier molecular flexibility index (Phi) is 7.13. The summed E-state index contributed by atoms with van der Waals surface area (Å²) in [6.07, 6.45) is 0.719. The molecular formula is C28H29N5O2S. The Morgan fingerprint density at radius 1 is 0.806 bits per heavy atom. The van der Waals surface area contributed by atoms with E-state index in [4.69, 9.17) is 21.7 Å². The summed E-state index contributed by atoms with van der Waals surface area (Å²) < 4.78 is 10.5. The van der Waals surface area contributed by atoms with Gasteiger partial charge in [-0.1, -0.05) is 36.4 Å². The minimum absolute atomic E-state index is 0.719. The normalized spacial score (nSPS) is 13.5. The van der Waals surface area contributed by atoms with Crippen LogP contribution in [0.1, 0.15) is 11.3 Å². The molecule has 1 aliphatic heterocycles. The average Bonchev–Trinajstić information content (AvgIpc) is 2.94. The Balaban J connectivity index is 1.27. The molecule has 0 aliphatic carbocycles. The molecule has 0 amide bonds. The number of hydrogen-bond donors (Lipinski definition) is 1. The van der Waals surface area contributed by atoms with E-state index < -0.39 is 0 Å². The SMILES string of the molecule is COc1ccc(Cc2nnc(N3CCN(C(=S)Nc4ccc(OC)cc4)CC3)c3ccccc23)cc1. The van der Waals surface area contributed by atoms with Crippen LogP contribution in [-0.4, -0.2) is 60.6 Å².